The normalized spacial score (nSPS) is 52.9. The second-order valence-electron chi connectivity index (χ2n) is 31.2. The molecule has 11 aliphatic rings. The molecule has 570 valence electrons. The van der Waals surface area contributed by atoms with Crippen LogP contribution in [0.15, 0.2) is 11.6 Å². The van der Waals surface area contributed by atoms with Crippen molar-refractivity contribution in [3.8, 4) is 0 Å². The lowest BCUT2D eigenvalue weighted by atomic mass is 9.40. The maximum Gasteiger partial charge on any atom is 0.316 e. The van der Waals surface area contributed by atoms with Gasteiger partial charge >= 0.3 is 5.97 Å². The van der Waals surface area contributed by atoms with Crippen LogP contribution in [0, 0.1) is 39.4 Å². The van der Waals surface area contributed by atoms with E-state index in [4.69, 9.17) is 71.1 Å². The molecule has 10 fully saturated rings. The predicted octanol–water partition coefficient (Wildman–Crippen LogP) is -3.89. The van der Waals surface area contributed by atoms with Crippen LogP contribution in [0.3, 0.4) is 0 Å². The van der Waals surface area contributed by atoms with Crippen LogP contribution >= 0.6 is 0 Å². The van der Waals surface area contributed by atoms with Crippen molar-refractivity contribution in [3.63, 3.8) is 0 Å². The Labute approximate surface area is 575 Å². The van der Waals surface area contributed by atoms with Crippen molar-refractivity contribution in [3.05, 3.63) is 11.6 Å². The Morgan fingerprint density at radius 2 is 1.00 bits per heavy atom. The molecule has 99 heavy (non-hydrogen) atoms. The summed E-state index contributed by atoms with van der Waals surface area (Å²) in [5.74, 6) is 0.0390. The minimum Gasteiger partial charge on any atom is -0.456 e. The SMILES string of the molecule is CO[C@@H]1[C@@H](O)[C@H](O[C@@H]2[C@@H](O)[C@H](O[C@H]3[C@H](O)[C@@H](O)[C@H](O[C@H]4[C@H](O[C@H]5CC[C@]6(C)C7=CC[C@]89C(=O)O[C@@](C)(CCCC(C)C)[C@@]8(O)CC[C@@]9(C)[C@@H]7CC[C@H]6C5(C)C)OC[C@@H](O[C@@H]5O[C@H](CO)[C@@H](O)[C@H](O[C@@H]6O[C@H](CO)[C@@H](O)[C@H](OC)[C@H]6O)[C@H]5O)[C@@H]4O)O[C@@H]3C)O[C@H](CO)[C@H]2O)O[C@H](CO)[C@H]1O. The second kappa shape index (κ2) is 30.0. The van der Waals surface area contributed by atoms with Crippen LogP contribution in [-0.4, -0.2) is 330 Å². The van der Waals surface area contributed by atoms with E-state index in [0.717, 1.165) is 12.8 Å². The molecule has 0 radical (unpaired) electrons. The third-order valence-corrected chi connectivity index (χ3v) is 25.1. The quantitative estimate of drug-likeness (QED) is 0.0280. The Morgan fingerprint density at radius 1 is 0.525 bits per heavy atom. The van der Waals surface area contributed by atoms with Gasteiger partial charge < -0.3 is 153 Å². The van der Waals surface area contributed by atoms with Gasteiger partial charge in [0, 0.05) is 14.2 Å². The topological polar surface area (TPSA) is 479 Å². The van der Waals surface area contributed by atoms with E-state index in [9.17, 15) is 86.5 Å². The van der Waals surface area contributed by atoms with E-state index in [-0.39, 0.29) is 17.8 Å². The highest BCUT2D eigenvalue weighted by molar-refractivity contribution is 5.85. The largest absolute Gasteiger partial charge is 0.456 e. The average Bonchev–Trinajstić information content (AvgIpc) is 1.50. The molecule has 0 unspecified atom stereocenters. The zero-order valence-electron chi connectivity index (χ0n) is 57.9. The van der Waals surface area contributed by atoms with E-state index in [1.807, 2.05) is 6.92 Å². The van der Waals surface area contributed by atoms with Gasteiger partial charge in [0.05, 0.1) is 45.2 Å². The molecular weight excluding hydrogens is 1320 g/mol. The molecule has 7 aliphatic heterocycles. The summed E-state index contributed by atoms with van der Waals surface area (Å²) in [4.78, 5) is 14.6. The Morgan fingerprint density at radius 3 is 1.51 bits per heavy atom. The first kappa shape index (κ1) is 78.1. The van der Waals surface area contributed by atoms with E-state index < -0.39 is 250 Å². The minimum absolute atomic E-state index is 0.0382. The number of esters is 1. The monoisotopic (exact) mass is 1430 g/mol. The van der Waals surface area contributed by atoms with E-state index in [1.54, 1.807) is 0 Å². The van der Waals surface area contributed by atoms with E-state index in [0.29, 0.717) is 57.3 Å². The van der Waals surface area contributed by atoms with E-state index >= 15 is 0 Å². The third-order valence-electron chi connectivity index (χ3n) is 25.1. The zero-order chi connectivity index (χ0) is 72.1. The first-order valence-electron chi connectivity index (χ1n) is 35.2. The highest BCUT2D eigenvalue weighted by atomic mass is 16.8. The zero-order valence-corrected chi connectivity index (χ0v) is 57.9. The summed E-state index contributed by atoms with van der Waals surface area (Å²) < 4.78 is 90.2. The Balaban J connectivity index is 0.837. The number of allylic oxidation sites excluding steroid dienone is 2. The van der Waals surface area contributed by atoms with Crippen molar-refractivity contribution in [1.82, 2.24) is 0 Å². The highest BCUT2D eigenvalue weighted by Gasteiger charge is 2.83. The number of rotatable bonds is 22. The fraction of sp³-hybridized carbons (Fsp3) is 0.955. The molecule has 11 rings (SSSR count). The number of methoxy groups -OCH3 is 2. The molecule has 0 aromatic rings. The Kier molecular flexibility index (Phi) is 23.7. The molecule has 0 amide bonds. The van der Waals surface area contributed by atoms with Gasteiger partial charge in [-0.25, -0.2) is 0 Å². The molecule has 3 saturated carbocycles. The number of hydrogen-bond acceptors (Lipinski definition) is 32. The van der Waals surface area contributed by atoms with Crippen LogP contribution in [-0.2, 0) is 75.8 Å². The molecule has 37 atom stereocenters. The van der Waals surface area contributed by atoms with Crippen LogP contribution in [0.25, 0.3) is 0 Å². The van der Waals surface area contributed by atoms with Crippen LogP contribution < -0.4 is 0 Å². The predicted molar refractivity (Wildman–Crippen MR) is 332 cm³/mol. The first-order chi connectivity index (χ1) is 46.7. The lowest BCUT2D eigenvalue weighted by Gasteiger charge is -2.64. The maximum atomic E-state index is 14.6. The van der Waals surface area contributed by atoms with Crippen LogP contribution in [0.2, 0.25) is 0 Å². The number of hydrogen-bond donors (Lipinski definition) is 16. The standard InChI is InChI=1S/C67H110O32/c1-27(2)12-11-17-65(8)67(84)21-20-64(7)30-13-14-36-62(4,5)37(16-18-63(36,6)29(30)15-19-66(64,67)61(83)99-65)94-60-54(42(76)35(26-87-60)93-56-47(81)52(40(74)33(24-70)89-56)96-57-45(79)50(85-9)38(72)31(22-68)90-57)98-55-44(78)43(77)49(28(3)88-55)95-59-48(82)53(41(75)34(25-71)92-59)97-58-46(80)51(86-10)39(73)32(23-69)91-58/h15,27-28,30-60,68-82,84H,11-14,16-26H2,1-10H3/t28-,30-,31-,32-,33-,34-,35-,36+,37+,38-,39-,40-,41-,42+,43-,44-,45-,46-,47-,48-,49-,50+,51+,52+,53+,54-,55+,56+,57+,58+,59+,60+,63-,64+,65+,66-,67+/m1/s1. The van der Waals surface area contributed by atoms with Gasteiger partial charge in [-0.15, -0.1) is 0 Å². The highest BCUT2D eigenvalue weighted by Crippen LogP contribution is 2.77. The smallest absolute Gasteiger partial charge is 0.316 e. The first-order valence-corrected chi connectivity index (χ1v) is 35.2. The molecule has 4 aliphatic carbocycles. The Bertz CT molecular complexity index is 2750. The number of aliphatic hydroxyl groups is 16. The Hall–Kier alpha value is -1.99. The molecule has 7 heterocycles. The summed E-state index contributed by atoms with van der Waals surface area (Å²) in [5, 5.41) is 180. The molecule has 0 aromatic heterocycles. The molecule has 0 bridgehead atoms. The summed E-state index contributed by atoms with van der Waals surface area (Å²) in [6, 6.07) is 0. The van der Waals surface area contributed by atoms with E-state index in [2.05, 4.69) is 47.6 Å². The van der Waals surface area contributed by atoms with Gasteiger partial charge in [-0.05, 0) is 106 Å². The van der Waals surface area contributed by atoms with E-state index in [1.165, 1.54) is 26.7 Å². The summed E-state index contributed by atoms with van der Waals surface area (Å²) >= 11 is 0. The van der Waals surface area contributed by atoms with Crippen LogP contribution in [0.4, 0.5) is 0 Å². The van der Waals surface area contributed by atoms with Gasteiger partial charge in [0.1, 0.15) is 151 Å². The minimum atomic E-state index is -2.08. The van der Waals surface area contributed by atoms with Crippen molar-refractivity contribution in [2.45, 2.75) is 315 Å². The third kappa shape index (κ3) is 13.2. The molecule has 32 heteroatoms. The fourth-order valence-corrected chi connectivity index (χ4v) is 19.3. The average molecular weight is 1430 g/mol. The molecule has 0 aromatic carbocycles. The number of cyclic esters (lactones) is 1. The number of aliphatic hydroxyl groups excluding tert-OH is 15. The second-order valence-corrected chi connectivity index (χ2v) is 31.2. The van der Waals surface area contributed by atoms with Crippen LogP contribution in [0.1, 0.15) is 120 Å². The van der Waals surface area contributed by atoms with Gasteiger partial charge in [-0.1, -0.05) is 59.6 Å². The van der Waals surface area contributed by atoms with Crippen molar-refractivity contribution < 1.29 is 158 Å². The lowest BCUT2D eigenvalue weighted by Crippen LogP contribution is -2.67. The van der Waals surface area contributed by atoms with Gasteiger partial charge in [-0.2, -0.15) is 0 Å². The fourth-order valence-electron chi connectivity index (χ4n) is 19.3. The molecule has 32 nitrogen and oxygen atoms in total. The molecule has 16 N–H and O–H groups in total. The van der Waals surface area contributed by atoms with Gasteiger partial charge in [0.2, 0.25) is 0 Å². The van der Waals surface area contributed by atoms with Gasteiger partial charge in [-0.3, -0.25) is 4.79 Å². The summed E-state index contributed by atoms with van der Waals surface area (Å²) in [6.07, 6.45) is -41.3. The number of fused-ring (bicyclic) bond motifs is 4. The number of carbonyl (C=O) groups excluding carboxylic acids is 1. The van der Waals surface area contributed by atoms with Crippen LogP contribution in [0.5, 0.6) is 0 Å². The van der Waals surface area contributed by atoms with Gasteiger partial charge in [0.25, 0.3) is 0 Å². The summed E-state index contributed by atoms with van der Waals surface area (Å²) in [7, 11) is 2.37. The number of ether oxygens (including phenoxy) is 15. The summed E-state index contributed by atoms with van der Waals surface area (Å²) in [6.45, 7) is 12.5. The van der Waals surface area contributed by atoms with Gasteiger partial charge in [0.15, 0.2) is 37.7 Å². The summed E-state index contributed by atoms with van der Waals surface area (Å²) in [5.41, 5.74) is -3.98. The molecule has 1 spiro atoms. The molecular formula is C67H110O32. The van der Waals surface area contributed by atoms with Crippen molar-refractivity contribution >= 4 is 5.97 Å². The van der Waals surface area contributed by atoms with Crippen molar-refractivity contribution in [2.24, 2.45) is 39.4 Å². The lowest BCUT2D eigenvalue weighted by molar-refractivity contribution is -0.397. The van der Waals surface area contributed by atoms with Crippen molar-refractivity contribution in [1.29, 1.82) is 0 Å². The number of carbonyl (C=O) groups is 1. The maximum absolute atomic E-state index is 14.6. The molecule has 7 saturated heterocycles. The van der Waals surface area contributed by atoms with Crippen molar-refractivity contribution in [2.75, 3.05) is 47.3 Å².